The van der Waals surface area contributed by atoms with E-state index < -0.39 is 0 Å². The Labute approximate surface area is 234 Å². The summed E-state index contributed by atoms with van der Waals surface area (Å²) in [5.41, 5.74) is 8.79. The molecule has 5 aromatic carbocycles. The van der Waals surface area contributed by atoms with Crippen LogP contribution in [0.5, 0.6) is 0 Å². The molecular formula is C37H21N3O. The summed E-state index contributed by atoms with van der Waals surface area (Å²) in [6.45, 7) is 0. The average Bonchev–Trinajstić information content (AvgIpc) is 3.43. The van der Waals surface area contributed by atoms with Crippen LogP contribution < -0.4 is 0 Å². The molecular weight excluding hydrogens is 502 g/mol. The van der Waals surface area contributed by atoms with Crippen LogP contribution in [-0.2, 0) is 0 Å². The van der Waals surface area contributed by atoms with Gasteiger partial charge in [0, 0.05) is 55.7 Å². The van der Waals surface area contributed by atoms with Crippen LogP contribution in [0, 0.1) is 0 Å². The standard InChI is InChI=1S/C37H21N3O/c1-2-8-22(9-3-1)35-28-16-17-32-34(27-11-4-5-13-31(27)41-32)33(28)26-15-14-23(21-30(26)40-35)29-20-24-10-6-18-38-36(24)37-25(29)12-7-19-39-37/h1-21H. The Morgan fingerprint density at radius 2 is 1.27 bits per heavy atom. The van der Waals surface area contributed by atoms with Crippen molar-refractivity contribution in [3.05, 3.63) is 128 Å². The molecule has 9 aromatic rings. The van der Waals surface area contributed by atoms with Crippen LogP contribution in [-0.4, -0.2) is 15.0 Å². The van der Waals surface area contributed by atoms with Crippen LogP contribution in [0.15, 0.2) is 132 Å². The average molecular weight is 524 g/mol. The van der Waals surface area contributed by atoms with E-state index in [1.54, 1.807) is 0 Å². The van der Waals surface area contributed by atoms with Gasteiger partial charge in [0.05, 0.1) is 22.2 Å². The van der Waals surface area contributed by atoms with Crippen LogP contribution in [0.1, 0.15) is 0 Å². The third-order valence-electron chi connectivity index (χ3n) is 8.12. The van der Waals surface area contributed by atoms with Crippen molar-refractivity contribution in [1.82, 2.24) is 15.0 Å². The van der Waals surface area contributed by atoms with Gasteiger partial charge in [0.25, 0.3) is 0 Å². The van der Waals surface area contributed by atoms with Gasteiger partial charge >= 0.3 is 0 Å². The number of aromatic nitrogens is 3. The molecule has 0 saturated heterocycles. The third-order valence-corrected chi connectivity index (χ3v) is 8.12. The van der Waals surface area contributed by atoms with Gasteiger partial charge in [-0.25, -0.2) is 4.98 Å². The second-order valence-corrected chi connectivity index (χ2v) is 10.4. The summed E-state index contributed by atoms with van der Waals surface area (Å²) in [5, 5.41) is 7.76. The summed E-state index contributed by atoms with van der Waals surface area (Å²) in [5.74, 6) is 0. The number of hydrogen-bond donors (Lipinski definition) is 0. The Balaban J connectivity index is 1.42. The first-order valence-corrected chi connectivity index (χ1v) is 13.7. The molecule has 0 fully saturated rings. The summed E-state index contributed by atoms with van der Waals surface area (Å²) in [6, 6.07) is 40.0. The molecule has 0 aliphatic heterocycles. The van der Waals surface area contributed by atoms with Gasteiger partial charge in [-0.3, -0.25) is 9.97 Å². The Hall–Kier alpha value is -5.61. The summed E-state index contributed by atoms with van der Waals surface area (Å²) >= 11 is 0. The number of rotatable bonds is 2. The topological polar surface area (TPSA) is 51.8 Å². The molecule has 4 heteroatoms. The first-order chi connectivity index (χ1) is 20.3. The number of benzene rings is 5. The van der Waals surface area contributed by atoms with Gasteiger partial charge in [-0.05, 0) is 53.6 Å². The molecule has 9 rings (SSSR count). The van der Waals surface area contributed by atoms with E-state index in [1.165, 1.54) is 0 Å². The van der Waals surface area contributed by atoms with E-state index in [2.05, 4.69) is 89.9 Å². The van der Waals surface area contributed by atoms with Crippen molar-refractivity contribution in [3.63, 3.8) is 0 Å². The second kappa shape index (κ2) is 8.44. The highest BCUT2D eigenvalue weighted by Gasteiger charge is 2.18. The van der Waals surface area contributed by atoms with Crippen molar-refractivity contribution in [1.29, 1.82) is 0 Å². The molecule has 41 heavy (non-hydrogen) atoms. The highest BCUT2D eigenvalue weighted by atomic mass is 16.3. The Bertz CT molecular complexity index is 2480. The van der Waals surface area contributed by atoms with Crippen molar-refractivity contribution in [2.24, 2.45) is 0 Å². The van der Waals surface area contributed by atoms with Crippen molar-refractivity contribution in [3.8, 4) is 22.4 Å². The number of furan rings is 1. The lowest BCUT2D eigenvalue weighted by Crippen LogP contribution is -1.92. The Kier molecular flexibility index (Phi) is 4.58. The smallest absolute Gasteiger partial charge is 0.136 e. The van der Waals surface area contributed by atoms with E-state index >= 15 is 0 Å². The summed E-state index contributed by atoms with van der Waals surface area (Å²) in [4.78, 5) is 14.7. The highest BCUT2D eigenvalue weighted by molar-refractivity contribution is 6.28. The number of hydrogen-bond acceptors (Lipinski definition) is 4. The fraction of sp³-hybridized carbons (Fsp3) is 0. The number of pyridine rings is 3. The minimum absolute atomic E-state index is 0.883. The summed E-state index contributed by atoms with van der Waals surface area (Å²) in [6.07, 6.45) is 3.66. The maximum Gasteiger partial charge on any atom is 0.136 e. The molecule has 0 radical (unpaired) electrons. The van der Waals surface area contributed by atoms with Gasteiger partial charge in [-0.15, -0.1) is 0 Å². The van der Waals surface area contributed by atoms with Crippen LogP contribution in [0.3, 0.4) is 0 Å². The molecule has 4 heterocycles. The molecule has 0 N–H and O–H groups in total. The molecule has 4 nitrogen and oxygen atoms in total. The van der Waals surface area contributed by atoms with Gasteiger partial charge in [0.15, 0.2) is 0 Å². The monoisotopic (exact) mass is 523 g/mol. The molecule has 0 atom stereocenters. The molecule has 0 amide bonds. The molecule has 4 aromatic heterocycles. The summed E-state index contributed by atoms with van der Waals surface area (Å²) in [7, 11) is 0. The fourth-order valence-electron chi connectivity index (χ4n) is 6.31. The number of fused-ring (bicyclic) bond motifs is 10. The van der Waals surface area contributed by atoms with Gasteiger partial charge in [0.2, 0.25) is 0 Å². The summed E-state index contributed by atoms with van der Waals surface area (Å²) < 4.78 is 6.30. The highest BCUT2D eigenvalue weighted by Crippen LogP contribution is 2.42. The Morgan fingerprint density at radius 3 is 2.20 bits per heavy atom. The van der Waals surface area contributed by atoms with Gasteiger partial charge in [0.1, 0.15) is 11.2 Å². The molecule has 0 bridgehead atoms. The lowest BCUT2D eigenvalue weighted by atomic mass is 9.93. The first kappa shape index (κ1) is 22.2. The van der Waals surface area contributed by atoms with Crippen LogP contribution in [0.25, 0.3) is 87.8 Å². The minimum atomic E-state index is 0.883. The largest absolute Gasteiger partial charge is 0.456 e. The predicted octanol–water partition coefficient (Wildman–Crippen LogP) is 9.72. The third kappa shape index (κ3) is 3.25. The molecule has 0 saturated carbocycles. The van der Waals surface area contributed by atoms with Crippen LogP contribution >= 0.6 is 0 Å². The number of para-hydroxylation sites is 1. The van der Waals surface area contributed by atoms with E-state index in [-0.39, 0.29) is 0 Å². The maximum atomic E-state index is 6.30. The second-order valence-electron chi connectivity index (χ2n) is 10.4. The van der Waals surface area contributed by atoms with E-state index in [1.807, 2.05) is 42.7 Å². The van der Waals surface area contributed by atoms with Crippen LogP contribution in [0.2, 0.25) is 0 Å². The lowest BCUT2D eigenvalue weighted by Gasteiger charge is -2.14. The van der Waals surface area contributed by atoms with Crippen LogP contribution in [0.4, 0.5) is 0 Å². The van der Waals surface area contributed by atoms with E-state index in [0.29, 0.717) is 0 Å². The SMILES string of the molecule is c1ccc(-c2nc3cc(-c4cc5cccnc5c5ncccc45)ccc3c3c2ccc2oc4ccccc4c23)cc1. The molecule has 0 aliphatic carbocycles. The van der Waals surface area contributed by atoms with E-state index in [0.717, 1.165) is 87.8 Å². The zero-order valence-electron chi connectivity index (χ0n) is 21.9. The normalized spacial score (nSPS) is 11.9. The van der Waals surface area contributed by atoms with Crippen molar-refractivity contribution in [2.75, 3.05) is 0 Å². The van der Waals surface area contributed by atoms with Gasteiger partial charge in [-0.2, -0.15) is 0 Å². The Morgan fingerprint density at radius 1 is 0.488 bits per heavy atom. The lowest BCUT2D eigenvalue weighted by molar-refractivity contribution is 0.669. The zero-order valence-corrected chi connectivity index (χ0v) is 21.9. The van der Waals surface area contributed by atoms with E-state index in [9.17, 15) is 0 Å². The van der Waals surface area contributed by atoms with E-state index in [4.69, 9.17) is 14.4 Å². The minimum Gasteiger partial charge on any atom is -0.456 e. The fourth-order valence-corrected chi connectivity index (χ4v) is 6.31. The van der Waals surface area contributed by atoms with Crippen molar-refractivity contribution >= 4 is 65.4 Å². The molecule has 190 valence electrons. The first-order valence-electron chi connectivity index (χ1n) is 13.7. The van der Waals surface area contributed by atoms with Gasteiger partial charge < -0.3 is 4.42 Å². The molecule has 0 aliphatic rings. The van der Waals surface area contributed by atoms with Crippen molar-refractivity contribution in [2.45, 2.75) is 0 Å². The maximum absolute atomic E-state index is 6.30. The molecule has 0 spiro atoms. The predicted molar refractivity (Wildman–Crippen MR) is 168 cm³/mol. The van der Waals surface area contributed by atoms with Crippen molar-refractivity contribution < 1.29 is 4.42 Å². The molecule has 0 unspecified atom stereocenters. The quantitative estimate of drug-likeness (QED) is 0.212. The van der Waals surface area contributed by atoms with Gasteiger partial charge in [-0.1, -0.05) is 72.8 Å². The zero-order chi connectivity index (χ0) is 26.9. The number of nitrogens with zero attached hydrogens (tertiary/aromatic N) is 3.